The summed E-state index contributed by atoms with van der Waals surface area (Å²) in [5.41, 5.74) is 1.18. The van der Waals surface area contributed by atoms with E-state index < -0.39 is 4.92 Å². The molecule has 92 valence electrons. The Hall–Kier alpha value is -2.75. The van der Waals surface area contributed by atoms with Gasteiger partial charge < -0.3 is 0 Å². The molecule has 3 rings (SSSR count). The van der Waals surface area contributed by atoms with Crippen LogP contribution in [-0.4, -0.2) is 9.91 Å². The highest BCUT2D eigenvalue weighted by Crippen LogP contribution is 2.29. The SMILES string of the molecule is O=[N+]([O-])c1cccnc1-c1ccc2ccccc2c1. The van der Waals surface area contributed by atoms with Crippen molar-refractivity contribution in [3.05, 3.63) is 70.9 Å². The quantitative estimate of drug-likeness (QED) is 0.513. The molecule has 0 spiro atoms. The monoisotopic (exact) mass is 250 g/mol. The minimum Gasteiger partial charge on any atom is -0.258 e. The fourth-order valence-electron chi connectivity index (χ4n) is 2.10. The summed E-state index contributed by atoms with van der Waals surface area (Å²) >= 11 is 0. The van der Waals surface area contributed by atoms with Crippen LogP contribution >= 0.6 is 0 Å². The zero-order chi connectivity index (χ0) is 13.2. The molecule has 1 aromatic heterocycles. The molecule has 0 aliphatic heterocycles. The van der Waals surface area contributed by atoms with Crippen molar-refractivity contribution >= 4 is 16.5 Å². The molecule has 0 unspecified atom stereocenters. The smallest absolute Gasteiger partial charge is 0.258 e. The molecule has 0 bridgehead atoms. The Balaban J connectivity index is 2.22. The van der Waals surface area contributed by atoms with Gasteiger partial charge in [0.2, 0.25) is 0 Å². The van der Waals surface area contributed by atoms with Crippen molar-refractivity contribution in [2.45, 2.75) is 0 Å². The van der Waals surface area contributed by atoms with E-state index in [0.29, 0.717) is 5.69 Å². The van der Waals surface area contributed by atoms with E-state index in [2.05, 4.69) is 4.98 Å². The average molecular weight is 250 g/mol. The number of hydrogen-bond donors (Lipinski definition) is 0. The van der Waals surface area contributed by atoms with E-state index in [1.54, 1.807) is 12.3 Å². The summed E-state index contributed by atoms with van der Waals surface area (Å²) in [6.07, 6.45) is 1.57. The lowest BCUT2D eigenvalue weighted by Crippen LogP contribution is -1.94. The Kier molecular flexibility index (Phi) is 2.68. The molecule has 3 aromatic rings. The second-order valence-electron chi connectivity index (χ2n) is 4.19. The number of fused-ring (bicyclic) bond motifs is 1. The molecule has 0 saturated carbocycles. The molecule has 2 aromatic carbocycles. The van der Waals surface area contributed by atoms with Gasteiger partial charge in [0, 0.05) is 17.8 Å². The molecule has 0 aliphatic rings. The molecule has 0 saturated heterocycles. The van der Waals surface area contributed by atoms with E-state index in [1.165, 1.54) is 6.07 Å². The summed E-state index contributed by atoms with van der Waals surface area (Å²) < 4.78 is 0. The zero-order valence-electron chi connectivity index (χ0n) is 9.98. The number of rotatable bonds is 2. The van der Waals surface area contributed by atoms with Crippen LogP contribution in [0.15, 0.2) is 60.8 Å². The molecule has 0 fully saturated rings. The summed E-state index contributed by atoms with van der Waals surface area (Å²) in [6, 6.07) is 16.7. The molecule has 4 heteroatoms. The Morgan fingerprint density at radius 1 is 0.947 bits per heavy atom. The summed E-state index contributed by atoms with van der Waals surface area (Å²) in [6.45, 7) is 0. The van der Waals surface area contributed by atoms with E-state index in [0.717, 1.165) is 16.3 Å². The van der Waals surface area contributed by atoms with Crippen LogP contribution in [-0.2, 0) is 0 Å². The Bertz CT molecular complexity index is 769. The lowest BCUT2D eigenvalue weighted by atomic mass is 10.0. The molecule has 0 N–H and O–H groups in total. The number of nitro groups is 1. The standard InChI is InChI=1S/C15H10N2O2/c18-17(19)14-6-3-9-16-15(14)13-8-7-11-4-1-2-5-12(11)10-13/h1-10H. The molecule has 0 amide bonds. The van der Waals surface area contributed by atoms with Gasteiger partial charge in [0.25, 0.3) is 5.69 Å². The summed E-state index contributed by atoms with van der Waals surface area (Å²) in [5.74, 6) is 0. The Morgan fingerprint density at radius 2 is 1.74 bits per heavy atom. The summed E-state index contributed by atoms with van der Waals surface area (Å²) in [4.78, 5) is 14.8. The van der Waals surface area contributed by atoms with E-state index >= 15 is 0 Å². The van der Waals surface area contributed by atoms with Gasteiger partial charge in [-0.05, 0) is 22.9 Å². The summed E-state index contributed by atoms with van der Waals surface area (Å²) in [7, 11) is 0. The van der Waals surface area contributed by atoms with Crippen molar-refractivity contribution in [1.82, 2.24) is 4.98 Å². The van der Waals surface area contributed by atoms with Crippen LogP contribution < -0.4 is 0 Å². The van der Waals surface area contributed by atoms with Crippen LogP contribution in [0.2, 0.25) is 0 Å². The highest BCUT2D eigenvalue weighted by molar-refractivity contribution is 5.87. The maximum absolute atomic E-state index is 11.0. The predicted molar refractivity (Wildman–Crippen MR) is 73.8 cm³/mol. The first-order chi connectivity index (χ1) is 9.25. The number of hydrogen-bond acceptors (Lipinski definition) is 3. The molecular weight excluding hydrogens is 240 g/mol. The lowest BCUT2D eigenvalue weighted by Gasteiger charge is -2.04. The fraction of sp³-hybridized carbons (Fsp3) is 0. The highest BCUT2D eigenvalue weighted by atomic mass is 16.6. The van der Waals surface area contributed by atoms with Crippen molar-refractivity contribution < 1.29 is 4.92 Å². The number of pyridine rings is 1. The summed E-state index contributed by atoms with van der Waals surface area (Å²) in [5, 5.41) is 13.2. The van der Waals surface area contributed by atoms with Gasteiger partial charge in [0.05, 0.1) is 4.92 Å². The topological polar surface area (TPSA) is 56.0 Å². The third-order valence-electron chi connectivity index (χ3n) is 3.01. The van der Waals surface area contributed by atoms with Gasteiger partial charge in [-0.15, -0.1) is 0 Å². The molecular formula is C15H10N2O2. The van der Waals surface area contributed by atoms with Crippen molar-refractivity contribution in [2.24, 2.45) is 0 Å². The van der Waals surface area contributed by atoms with Crippen LogP contribution in [0, 0.1) is 10.1 Å². The first-order valence-electron chi connectivity index (χ1n) is 5.84. The first kappa shape index (κ1) is 11.3. The fourth-order valence-corrected chi connectivity index (χ4v) is 2.10. The van der Waals surface area contributed by atoms with Crippen LogP contribution in [0.3, 0.4) is 0 Å². The van der Waals surface area contributed by atoms with Crippen LogP contribution in [0.1, 0.15) is 0 Å². The minimum absolute atomic E-state index is 0.0257. The maximum Gasteiger partial charge on any atom is 0.295 e. The number of benzene rings is 2. The third kappa shape index (κ3) is 2.04. The van der Waals surface area contributed by atoms with E-state index in [9.17, 15) is 10.1 Å². The molecule has 1 heterocycles. The number of nitrogens with zero attached hydrogens (tertiary/aromatic N) is 2. The second kappa shape index (κ2) is 4.49. The molecule has 0 radical (unpaired) electrons. The van der Waals surface area contributed by atoms with Gasteiger partial charge in [0.15, 0.2) is 0 Å². The van der Waals surface area contributed by atoms with E-state index in [-0.39, 0.29) is 5.69 Å². The predicted octanol–water partition coefficient (Wildman–Crippen LogP) is 3.81. The van der Waals surface area contributed by atoms with Crippen LogP contribution in [0.25, 0.3) is 22.0 Å². The van der Waals surface area contributed by atoms with Gasteiger partial charge in [-0.2, -0.15) is 0 Å². The van der Waals surface area contributed by atoms with Crippen molar-refractivity contribution in [2.75, 3.05) is 0 Å². The molecule has 0 atom stereocenters. The molecule has 19 heavy (non-hydrogen) atoms. The molecule has 0 aliphatic carbocycles. The average Bonchev–Trinajstić information content (AvgIpc) is 2.46. The van der Waals surface area contributed by atoms with Gasteiger partial charge in [-0.25, -0.2) is 4.98 Å². The van der Waals surface area contributed by atoms with Gasteiger partial charge in [-0.3, -0.25) is 10.1 Å². The van der Waals surface area contributed by atoms with Crippen LogP contribution in [0.4, 0.5) is 5.69 Å². The van der Waals surface area contributed by atoms with Crippen LogP contribution in [0.5, 0.6) is 0 Å². The Labute approximate surface area is 109 Å². The maximum atomic E-state index is 11.0. The van der Waals surface area contributed by atoms with Crippen molar-refractivity contribution in [3.8, 4) is 11.3 Å². The van der Waals surface area contributed by atoms with Crippen molar-refractivity contribution in [1.29, 1.82) is 0 Å². The lowest BCUT2D eigenvalue weighted by molar-refractivity contribution is -0.384. The molecule has 4 nitrogen and oxygen atoms in total. The third-order valence-corrected chi connectivity index (χ3v) is 3.01. The van der Waals surface area contributed by atoms with E-state index in [4.69, 9.17) is 0 Å². The number of aromatic nitrogens is 1. The van der Waals surface area contributed by atoms with Gasteiger partial charge >= 0.3 is 0 Å². The zero-order valence-corrected chi connectivity index (χ0v) is 9.98. The highest BCUT2D eigenvalue weighted by Gasteiger charge is 2.15. The van der Waals surface area contributed by atoms with Gasteiger partial charge in [0.1, 0.15) is 5.69 Å². The van der Waals surface area contributed by atoms with Gasteiger partial charge in [-0.1, -0.05) is 36.4 Å². The first-order valence-corrected chi connectivity index (χ1v) is 5.84. The second-order valence-corrected chi connectivity index (χ2v) is 4.19. The normalized spacial score (nSPS) is 10.5. The minimum atomic E-state index is -0.405. The Morgan fingerprint density at radius 3 is 2.53 bits per heavy atom. The van der Waals surface area contributed by atoms with E-state index in [1.807, 2.05) is 42.5 Å². The van der Waals surface area contributed by atoms with Crippen molar-refractivity contribution in [3.63, 3.8) is 0 Å². The largest absolute Gasteiger partial charge is 0.295 e.